The van der Waals surface area contributed by atoms with E-state index >= 15 is 0 Å². The van der Waals surface area contributed by atoms with Crippen molar-refractivity contribution in [3.63, 3.8) is 0 Å². The molecule has 0 aromatic carbocycles. The molecular formula is C12H20F3N3. The van der Waals surface area contributed by atoms with Gasteiger partial charge in [-0.05, 0) is 18.8 Å². The molecule has 0 bridgehead atoms. The Morgan fingerprint density at radius 2 is 2.06 bits per heavy atom. The van der Waals surface area contributed by atoms with E-state index in [-0.39, 0.29) is 12.5 Å². The van der Waals surface area contributed by atoms with Crippen molar-refractivity contribution in [3.05, 3.63) is 18.2 Å². The van der Waals surface area contributed by atoms with Gasteiger partial charge in [0.2, 0.25) is 0 Å². The second kappa shape index (κ2) is 6.22. The van der Waals surface area contributed by atoms with Crippen LogP contribution in [0.4, 0.5) is 13.2 Å². The van der Waals surface area contributed by atoms with Crippen LogP contribution in [0.25, 0.3) is 0 Å². The van der Waals surface area contributed by atoms with Crippen LogP contribution in [0.15, 0.2) is 12.5 Å². The molecule has 6 heteroatoms. The van der Waals surface area contributed by atoms with Gasteiger partial charge in [0.1, 0.15) is 0 Å². The van der Waals surface area contributed by atoms with Gasteiger partial charge in [0, 0.05) is 25.2 Å². The lowest BCUT2D eigenvalue weighted by atomic mass is 10.0. The predicted molar refractivity (Wildman–Crippen MR) is 63.9 cm³/mol. The molecule has 2 N–H and O–H groups in total. The number of halogens is 3. The van der Waals surface area contributed by atoms with Crippen LogP contribution in [0.1, 0.15) is 44.8 Å². The molecule has 1 aromatic rings. The number of hydrogen-bond acceptors (Lipinski definition) is 2. The maximum absolute atomic E-state index is 12.1. The summed E-state index contributed by atoms with van der Waals surface area (Å²) in [7, 11) is 0. The van der Waals surface area contributed by atoms with E-state index in [2.05, 4.69) is 18.8 Å². The van der Waals surface area contributed by atoms with Gasteiger partial charge in [-0.15, -0.1) is 0 Å². The number of nitrogens with zero attached hydrogens (tertiary/aromatic N) is 2. The van der Waals surface area contributed by atoms with Crippen LogP contribution < -0.4 is 5.73 Å². The van der Waals surface area contributed by atoms with Gasteiger partial charge >= 0.3 is 6.18 Å². The molecule has 18 heavy (non-hydrogen) atoms. The highest BCUT2D eigenvalue weighted by atomic mass is 19.4. The van der Waals surface area contributed by atoms with Gasteiger partial charge in [0.15, 0.2) is 0 Å². The molecule has 1 rings (SSSR count). The van der Waals surface area contributed by atoms with Crippen molar-refractivity contribution in [1.82, 2.24) is 9.55 Å². The first-order valence-corrected chi connectivity index (χ1v) is 6.12. The number of rotatable bonds is 6. The number of hydrogen-bond donors (Lipinski definition) is 1. The van der Waals surface area contributed by atoms with Gasteiger partial charge in [-0.2, -0.15) is 13.2 Å². The minimum Gasteiger partial charge on any atom is -0.333 e. The minimum atomic E-state index is -4.10. The summed E-state index contributed by atoms with van der Waals surface area (Å²) in [5, 5.41) is 0. The van der Waals surface area contributed by atoms with E-state index < -0.39 is 12.6 Å². The number of aryl methyl sites for hydroxylation is 1. The first-order valence-electron chi connectivity index (χ1n) is 6.12. The van der Waals surface area contributed by atoms with Crippen molar-refractivity contribution < 1.29 is 13.2 Å². The molecule has 0 radical (unpaired) electrons. The van der Waals surface area contributed by atoms with E-state index in [9.17, 15) is 13.2 Å². The summed E-state index contributed by atoms with van der Waals surface area (Å²) < 4.78 is 37.9. The van der Waals surface area contributed by atoms with Crippen LogP contribution in [0.3, 0.4) is 0 Å². The van der Waals surface area contributed by atoms with Crippen molar-refractivity contribution in [3.8, 4) is 0 Å². The zero-order valence-electron chi connectivity index (χ0n) is 10.7. The van der Waals surface area contributed by atoms with E-state index in [1.807, 2.05) is 0 Å². The molecule has 1 atom stereocenters. The van der Waals surface area contributed by atoms with Gasteiger partial charge in [-0.1, -0.05) is 13.8 Å². The Bertz CT molecular complexity index is 358. The largest absolute Gasteiger partial charge is 0.389 e. The third-order valence-corrected chi connectivity index (χ3v) is 2.71. The summed E-state index contributed by atoms with van der Waals surface area (Å²) >= 11 is 0. The standard InChI is InChI=1S/C12H20F3N3/c1-9(2)6-10(16)11-7-17-8-18(11)5-3-4-12(13,14)15/h7-10H,3-6,16H2,1-2H3. The van der Waals surface area contributed by atoms with Gasteiger partial charge in [-0.3, -0.25) is 0 Å². The van der Waals surface area contributed by atoms with Crippen LogP contribution in [0.5, 0.6) is 0 Å². The Labute approximate surface area is 105 Å². The van der Waals surface area contributed by atoms with E-state index in [1.165, 1.54) is 0 Å². The van der Waals surface area contributed by atoms with Crippen LogP contribution in [0, 0.1) is 5.92 Å². The zero-order chi connectivity index (χ0) is 13.8. The molecule has 1 heterocycles. The fourth-order valence-electron chi connectivity index (χ4n) is 1.91. The predicted octanol–water partition coefficient (Wildman–Crippen LogP) is 3.27. The number of alkyl halides is 3. The quantitative estimate of drug-likeness (QED) is 0.856. The maximum atomic E-state index is 12.1. The van der Waals surface area contributed by atoms with Crippen molar-refractivity contribution in [2.75, 3.05) is 0 Å². The Hall–Kier alpha value is -1.04. The third kappa shape index (κ3) is 5.08. The summed E-state index contributed by atoms with van der Waals surface area (Å²) in [6.45, 7) is 4.43. The molecule has 0 aliphatic heterocycles. The lowest BCUT2D eigenvalue weighted by Gasteiger charge is -2.16. The first-order chi connectivity index (χ1) is 8.29. The lowest BCUT2D eigenvalue weighted by Crippen LogP contribution is -2.18. The smallest absolute Gasteiger partial charge is 0.333 e. The summed E-state index contributed by atoms with van der Waals surface area (Å²) in [5.41, 5.74) is 6.83. The summed E-state index contributed by atoms with van der Waals surface area (Å²) in [5.74, 6) is 0.443. The highest BCUT2D eigenvalue weighted by Crippen LogP contribution is 2.23. The van der Waals surface area contributed by atoms with E-state index in [1.54, 1.807) is 17.1 Å². The topological polar surface area (TPSA) is 43.8 Å². The SMILES string of the molecule is CC(C)CC(N)c1cncn1CCCC(F)(F)F. The van der Waals surface area contributed by atoms with E-state index in [0.717, 1.165) is 12.1 Å². The van der Waals surface area contributed by atoms with Crippen LogP contribution in [0.2, 0.25) is 0 Å². The monoisotopic (exact) mass is 263 g/mol. The molecule has 0 amide bonds. The third-order valence-electron chi connectivity index (χ3n) is 2.71. The molecule has 3 nitrogen and oxygen atoms in total. The van der Waals surface area contributed by atoms with Crippen LogP contribution >= 0.6 is 0 Å². The van der Waals surface area contributed by atoms with Gasteiger partial charge in [0.25, 0.3) is 0 Å². The van der Waals surface area contributed by atoms with Gasteiger partial charge in [-0.25, -0.2) is 4.98 Å². The second-order valence-electron chi connectivity index (χ2n) is 4.97. The first kappa shape index (κ1) is 15.0. The molecule has 0 saturated carbocycles. The fraction of sp³-hybridized carbons (Fsp3) is 0.750. The van der Waals surface area contributed by atoms with Crippen LogP contribution in [-0.2, 0) is 6.54 Å². The molecule has 0 spiro atoms. The average molecular weight is 263 g/mol. The Morgan fingerprint density at radius 3 is 2.61 bits per heavy atom. The van der Waals surface area contributed by atoms with Crippen molar-refractivity contribution in [2.24, 2.45) is 11.7 Å². The molecular weight excluding hydrogens is 243 g/mol. The molecule has 104 valence electrons. The average Bonchev–Trinajstić information content (AvgIpc) is 2.62. The van der Waals surface area contributed by atoms with E-state index in [0.29, 0.717) is 12.5 Å². The van der Waals surface area contributed by atoms with Crippen LogP contribution in [-0.4, -0.2) is 15.7 Å². The minimum absolute atomic E-state index is 0.0568. The summed E-state index contributed by atoms with van der Waals surface area (Å²) in [6.07, 6.45) is -0.830. The fourth-order valence-corrected chi connectivity index (χ4v) is 1.91. The van der Waals surface area contributed by atoms with Crippen molar-refractivity contribution in [2.45, 2.75) is 51.9 Å². The summed E-state index contributed by atoms with van der Waals surface area (Å²) in [6, 6.07) is -0.168. The Morgan fingerprint density at radius 1 is 1.39 bits per heavy atom. The molecule has 0 saturated heterocycles. The number of nitrogens with two attached hydrogens (primary N) is 1. The Kier molecular flexibility index (Phi) is 5.19. The van der Waals surface area contributed by atoms with Crippen molar-refractivity contribution in [1.29, 1.82) is 0 Å². The molecule has 1 aromatic heterocycles. The second-order valence-corrected chi connectivity index (χ2v) is 4.97. The summed E-state index contributed by atoms with van der Waals surface area (Å²) in [4.78, 5) is 3.97. The Balaban J connectivity index is 2.54. The van der Waals surface area contributed by atoms with E-state index in [4.69, 9.17) is 5.73 Å². The lowest BCUT2D eigenvalue weighted by molar-refractivity contribution is -0.135. The maximum Gasteiger partial charge on any atom is 0.389 e. The molecule has 0 fully saturated rings. The van der Waals surface area contributed by atoms with Gasteiger partial charge < -0.3 is 10.3 Å². The highest BCUT2D eigenvalue weighted by molar-refractivity contribution is 5.04. The van der Waals surface area contributed by atoms with Crippen molar-refractivity contribution >= 4 is 0 Å². The highest BCUT2D eigenvalue weighted by Gasteiger charge is 2.26. The number of imidazole rings is 1. The number of aromatic nitrogens is 2. The molecule has 0 aliphatic carbocycles. The molecule has 1 unspecified atom stereocenters. The van der Waals surface area contributed by atoms with Gasteiger partial charge in [0.05, 0.1) is 12.0 Å². The zero-order valence-corrected chi connectivity index (χ0v) is 10.7. The molecule has 0 aliphatic rings. The normalized spacial score (nSPS) is 14.2.